The second-order valence-corrected chi connectivity index (χ2v) is 7.92. The standard InChI is InChI=1S/C19H27ClO6/c1-5-10(2)15(21)18(3,24)7-6-11-8-12-13(9-26-11)16(22)19(4,25)17(23)14(12)20/h6-8,10,13,15-16,21-22,24-25H,5,9H2,1-4H3/b7-6+/t10-,13+,15+,16-,18-,19-/m0/s1. The molecule has 0 fully saturated rings. The lowest BCUT2D eigenvalue weighted by molar-refractivity contribution is -0.150. The first-order valence-electron chi connectivity index (χ1n) is 8.72. The lowest BCUT2D eigenvalue weighted by Gasteiger charge is -2.40. The Bertz CT molecular complexity index is 661. The number of aliphatic hydroxyl groups is 4. The molecule has 4 N–H and O–H groups in total. The first-order chi connectivity index (χ1) is 11.9. The van der Waals surface area contributed by atoms with Gasteiger partial charge in [-0.25, -0.2) is 0 Å². The Morgan fingerprint density at radius 1 is 1.54 bits per heavy atom. The SMILES string of the molecule is CC[C@H](C)[C@@H](O)[C@@](C)(O)/C=C/C1=CC2=C(Cl)C(=O)[C@@](C)(O)[C@@H](O)[C@@H]2CO1. The van der Waals surface area contributed by atoms with Crippen molar-refractivity contribution in [2.75, 3.05) is 6.61 Å². The fourth-order valence-electron chi connectivity index (χ4n) is 3.19. The molecule has 1 aliphatic heterocycles. The molecule has 2 aliphatic rings. The summed E-state index contributed by atoms with van der Waals surface area (Å²) in [5.41, 5.74) is -3.02. The maximum atomic E-state index is 12.2. The third kappa shape index (κ3) is 3.75. The minimum atomic E-state index is -1.96. The van der Waals surface area contributed by atoms with Crippen molar-refractivity contribution >= 4 is 17.4 Å². The van der Waals surface area contributed by atoms with Gasteiger partial charge in [0.15, 0.2) is 5.60 Å². The third-order valence-corrected chi connectivity index (χ3v) is 5.75. The summed E-state index contributed by atoms with van der Waals surface area (Å²) in [5.74, 6) is -1.12. The van der Waals surface area contributed by atoms with E-state index in [2.05, 4.69) is 0 Å². The summed E-state index contributed by atoms with van der Waals surface area (Å²) in [5, 5.41) is 41.0. The van der Waals surface area contributed by atoms with E-state index in [9.17, 15) is 25.2 Å². The summed E-state index contributed by atoms with van der Waals surface area (Å²) in [7, 11) is 0. The molecule has 0 aromatic heterocycles. The van der Waals surface area contributed by atoms with Crippen molar-refractivity contribution in [2.24, 2.45) is 11.8 Å². The lowest BCUT2D eigenvalue weighted by atomic mass is 9.75. The number of aliphatic hydroxyl groups excluding tert-OH is 2. The van der Waals surface area contributed by atoms with Crippen molar-refractivity contribution in [2.45, 2.75) is 57.5 Å². The third-order valence-electron chi connectivity index (χ3n) is 5.36. The number of hydrogen-bond acceptors (Lipinski definition) is 6. The monoisotopic (exact) mass is 386 g/mol. The van der Waals surface area contributed by atoms with Gasteiger partial charge in [-0.3, -0.25) is 4.79 Å². The van der Waals surface area contributed by atoms with Gasteiger partial charge >= 0.3 is 0 Å². The van der Waals surface area contributed by atoms with Crippen molar-refractivity contribution in [3.8, 4) is 0 Å². The van der Waals surface area contributed by atoms with Crippen LogP contribution in [-0.2, 0) is 9.53 Å². The highest BCUT2D eigenvalue weighted by Gasteiger charge is 2.50. The van der Waals surface area contributed by atoms with Crippen LogP contribution in [0.1, 0.15) is 34.1 Å². The predicted molar refractivity (Wildman–Crippen MR) is 97.3 cm³/mol. The minimum absolute atomic E-state index is 0.0301. The molecule has 1 aliphatic carbocycles. The quantitative estimate of drug-likeness (QED) is 0.569. The summed E-state index contributed by atoms with van der Waals surface area (Å²) in [4.78, 5) is 12.2. The largest absolute Gasteiger partial charge is 0.493 e. The molecule has 0 unspecified atom stereocenters. The van der Waals surface area contributed by atoms with E-state index in [4.69, 9.17) is 16.3 Å². The first-order valence-corrected chi connectivity index (χ1v) is 9.10. The average molecular weight is 387 g/mol. The number of ketones is 1. The van der Waals surface area contributed by atoms with E-state index in [-0.39, 0.29) is 17.6 Å². The fourth-order valence-corrected chi connectivity index (χ4v) is 3.58. The van der Waals surface area contributed by atoms with Crippen LogP contribution in [0.3, 0.4) is 0 Å². The number of halogens is 1. The molecular weight excluding hydrogens is 360 g/mol. The Morgan fingerprint density at radius 3 is 2.73 bits per heavy atom. The van der Waals surface area contributed by atoms with Crippen molar-refractivity contribution in [1.82, 2.24) is 0 Å². The molecule has 0 amide bonds. The van der Waals surface area contributed by atoms with Gasteiger partial charge < -0.3 is 25.2 Å². The van der Waals surface area contributed by atoms with E-state index in [0.717, 1.165) is 0 Å². The van der Waals surface area contributed by atoms with Crippen LogP contribution < -0.4 is 0 Å². The van der Waals surface area contributed by atoms with E-state index in [1.807, 2.05) is 13.8 Å². The molecule has 6 atom stereocenters. The van der Waals surface area contributed by atoms with Crippen molar-refractivity contribution in [3.63, 3.8) is 0 Å². The van der Waals surface area contributed by atoms with E-state index < -0.39 is 35.1 Å². The summed E-state index contributed by atoms with van der Waals surface area (Å²) in [6.07, 6.45) is 2.88. The van der Waals surface area contributed by atoms with E-state index >= 15 is 0 Å². The highest BCUT2D eigenvalue weighted by atomic mass is 35.5. The Hall–Kier alpha value is -1.18. The molecule has 0 bridgehead atoms. The van der Waals surface area contributed by atoms with Crippen molar-refractivity contribution < 1.29 is 30.0 Å². The molecule has 0 aromatic carbocycles. The highest BCUT2D eigenvalue weighted by Crippen LogP contribution is 2.40. The molecule has 6 nitrogen and oxygen atoms in total. The zero-order chi connectivity index (χ0) is 19.9. The topological polar surface area (TPSA) is 107 Å². The van der Waals surface area contributed by atoms with Crippen LogP contribution in [0, 0.1) is 11.8 Å². The number of Topliss-reactive ketones (excluding diaryl/α,β-unsaturated/α-hetero) is 1. The normalized spacial score (nSPS) is 34.0. The number of hydrogen-bond donors (Lipinski definition) is 4. The number of ether oxygens (including phenoxy) is 1. The summed E-state index contributed by atoms with van der Waals surface area (Å²) in [6, 6.07) is 0. The Labute approximate surface area is 158 Å². The van der Waals surface area contributed by atoms with Crippen LogP contribution >= 0.6 is 11.6 Å². The Morgan fingerprint density at radius 2 is 2.15 bits per heavy atom. The average Bonchev–Trinajstić information content (AvgIpc) is 2.61. The Balaban J connectivity index is 2.29. The van der Waals surface area contributed by atoms with Gasteiger partial charge in [-0.05, 0) is 43.6 Å². The van der Waals surface area contributed by atoms with E-state index in [1.165, 1.54) is 32.1 Å². The minimum Gasteiger partial charge on any atom is -0.493 e. The van der Waals surface area contributed by atoms with Crippen LogP contribution in [0.15, 0.2) is 34.6 Å². The van der Waals surface area contributed by atoms with Crippen LogP contribution in [0.25, 0.3) is 0 Å². The molecule has 0 saturated carbocycles. The zero-order valence-corrected chi connectivity index (χ0v) is 16.2. The second kappa shape index (κ2) is 7.44. The number of fused-ring (bicyclic) bond motifs is 1. The van der Waals surface area contributed by atoms with Crippen LogP contribution in [0.4, 0.5) is 0 Å². The van der Waals surface area contributed by atoms with E-state index in [1.54, 1.807) is 0 Å². The molecule has 7 heteroatoms. The van der Waals surface area contributed by atoms with E-state index in [0.29, 0.717) is 17.8 Å². The zero-order valence-electron chi connectivity index (χ0n) is 15.4. The summed E-state index contributed by atoms with van der Waals surface area (Å²) < 4.78 is 5.56. The molecule has 26 heavy (non-hydrogen) atoms. The number of allylic oxidation sites excluding steroid dienone is 2. The molecule has 146 valence electrons. The van der Waals surface area contributed by atoms with Crippen LogP contribution in [0.5, 0.6) is 0 Å². The smallest absolute Gasteiger partial charge is 0.208 e. The number of carbonyl (C=O) groups excluding carboxylic acids is 1. The molecule has 0 saturated heterocycles. The van der Waals surface area contributed by atoms with Gasteiger partial charge in [0, 0.05) is 5.92 Å². The lowest BCUT2D eigenvalue weighted by Crippen LogP contribution is -2.55. The van der Waals surface area contributed by atoms with Gasteiger partial charge in [-0.1, -0.05) is 31.9 Å². The Kier molecular flexibility index (Phi) is 6.05. The molecule has 0 spiro atoms. The first kappa shape index (κ1) is 21.1. The summed E-state index contributed by atoms with van der Waals surface area (Å²) in [6.45, 7) is 6.53. The van der Waals surface area contributed by atoms with Gasteiger partial charge in [0.2, 0.25) is 5.78 Å². The predicted octanol–water partition coefficient (Wildman–Crippen LogP) is 1.42. The van der Waals surface area contributed by atoms with Crippen LogP contribution in [0.2, 0.25) is 0 Å². The molecular formula is C19H27ClO6. The van der Waals surface area contributed by atoms with Gasteiger partial charge in [0.25, 0.3) is 0 Å². The van der Waals surface area contributed by atoms with Crippen molar-refractivity contribution in [3.05, 3.63) is 34.6 Å². The second-order valence-electron chi connectivity index (χ2n) is 7.54. The fraction of sp³-hybridized carbons (Fsp3) is 0.632. The molecule has 0 aromatic rings. The van der Waals surface area contributed by atoms with Gasteiger partial charge in [-0.2, -0.15) is 0 Å². The molecule has 0 radical (unpaired) electrons. The van der Waals surface area contributed by atoms with Crippen molar-refractivity contribution in [1.29, 1.82) is 0 Å². The number of carbonyl (C=O) groups is 1. The van der Waals surface area contributed by atoms with Gasteiger partial charge in [-0.15, -0.1) is 0 Å². The summed E-state index contributed by atoms with van der Waals surface area (Å²) >= 11 is 6.10. The maximum Gasteiger partial charge on any atom is 0.208 e. The van der Waals surface area contributed by atoms with Gasteiger partial charge in [0.05, 0.1) is 17.7 Å². The number of rotatable bonds is 5. The molecule has 1 heterocycles. The maximum absolute atomic E-state index is 12.2. The van der Waals surface area contributed by atoms with Crippen LogP contribution in [-0.4, -0.2) is 56.2 Å². The molecule has 2 rings (SSSR count). The highest BCUT2D eigenvalue weighted by molar-refractivity contribution is 6.44. The van der Waals surface area contributed by atoms with Gasteiger partial charge in [0.1, 0.15) is 17.5 Å².